The summed E-state index contributed by atoms with van der Waals surface area (Å²) in [6.07, 6.45) is 5.06. The fourth-order valence-electron chi connectivity index (χ4n) is 2.46. The van der Waals surface area contributed by atoms with Crippen LogP contribution in [0.3, 0.4) is 0 Å². The third-order valence-corrected chi connectivity index (χ3v) is 3.91. The largest absolute Gasteiger partial charge is 0.271 e. The first-order valence-corrected chi connectivity index (χ1v) is 7.13. The van der Waals surface area contributed by atoms with Crippen LogP contribution < -0.4 is 16.3 Å². The van der Waals surface area contributed by atoms with Crippen LogP contribution in [0.15, 0.2) is 29.4 Å². The van der Waals surface area contributed by atoms with E-state index in [0.717, 1.165) is 17.9 Å². The number of benzene rings is 1. The number of hydrazone groups is 1. The maximum atomic E-state index is 12.0. The number of nitrogens with one attached hydrogen (secondary N) is 3. The van der Waals surface area contributed by atoms with E-state index in [1.807, 2.05) is 31.2 Å². The predicted octanol–water partition coefficient (Wildman–Crippen LogP) is 1.09. The number of amides is 1. The number of aryl methyl sites for hydroxylation is 1. The Morgan fingerprint density at radius 1 is 1.30 bits per heavy atom. The van der Waals surface area contributed by atoms with Gasteiger partial charge in [0.15, 0.2) is 0 Å². The molecule has 5 nitrogen and oxygen atoms in total. The number of nitrogens with zero attached hydrogens (tertiary/aromatic N) is 1. The summed E-state index contributed by atoms with van der Waals surface area (Å²) in [5.41, 5.74) is 11.0. The Bertz CT molecular complexity index is 507. The van der Waals surface area contributed by atoms with Gasteiger partial charge in [0.05, 0.1) is 6.21 Å². The van der Waals surface area contributed by atoms with Crippen LogP contribution in [0, 0.1) is 12.8 Å². The van der Waals surface area contributed by atoms with E-state index < -0.39 is 0 Å². The van der Waals surface area contributed by atoms with Gasteiger partial charge in [-0.25, -0.2) is 10.9 Å². The second-order valence-electron chi connectivity index (χ2n) is 5.67. The molecule has 1 heterocycles. The van der Waals surface area contributed by atoms with Gasteiger partial charge in [0.1, 0.15) is 6.04 Å². The highest BCUT2D eigenvalue weighted by atomic mass is 16.2. The molecule has 0 radical (unpaired) electrons. The smallest absolute Gasteiger partial charge is 0.258 e. The van der Waals surface area contributed by atoms with Crippen molar-refractivity contribution in [1.29, 1.82) is 0 Å². The fraction of sp³-hybridized carbons (Fsp3) is 0.467. The zero-order chi connectivity index (χ0) is 13.9. The highest BCUT2D eigenvalue weighted by Gasteiger charge is 2.38. The highest BCUT2D eigenvalue weighted by molar-refractivity contribution is 5.85. The van der Waals surface area contributed by atoms with Gasteiger partial charge in [-0.3, -0.25) is 10.2 Å². The highest BCUT2D eigenvalue weighted by Crippen LogP contribution is 2.35. The summed E-state index contributed by atoms with van der Waals surface area (Å²) in [5.74, 6) is 0.667. The van der Waals surface area contributed by atoms with Gasteiger partial charge in [-0.15, -0.1) is 0 Å². The van der Waals surface area contributed by atoms with Crippen LogP contribution in [0.5, 0.6) is 0 Å². The minimum Gasteiger partial charge on any atom is -0.271 e. The summed E-state index contributed by atoms with van der Waals surface area (Å²) in [5, 5.41) is 4.01. The van der Waals surface area contributed by atoms with Crippen LogP contribution in [0.4, 0.5) is 0 Å². The Morgan fingerprint density at radius 3 is 2.75 bits per heavy atom. The Balaban J connectivity index is 1.48. The summed E-state index contributed by atoms with van der Waals surface area (Å²) in [7, 11) is 0. The minimum absolute atomic E-state index is 0.0796. The van der Waals surface area contributed by atoms with Crippen molar-refractivity contribution in [3.05, 3.63) is 35.4 Å². The molecule has 2 fully saturated rings. The van der Waals surface area contributed by atoms with Gasteiger partial charge in [-0.05, 0) is 37.7 Å². The summed E-state index contributed by atoms with van der Waals surface area (Å²) in [6, 6.07) is 8.24. The van der Waals surface area contributed by atoms with E-state index >= 15 is 0 Å². The number of carbonyl (C=O) groups is 1. The quantitative estimate of drug-likeness (QED) is 0.568. The average Bonchev–Trinajstić information content (AvgIpc) is 3.18. The summed E-state index contributed by atoms with van der Waals surface area (Å²) in [4.78, 5) is 12.0. The molecule has 1 saturated heterocycles. The lowest BCUT2D eigenvalue weighted by Gasteiger charge is -2.06. The van der Waals surface area contributed by atoms with E-state index in [-0.39, 0.29) is 11.9 Å². The van der Waals surface area contributed by atoms with Crippen molar-refractivity contribution in [2.75, 3.05) is 0 Å². The van der Waals surface area contributed by atoms with E-state index in [1.165, 1.54) is 18.4 Å². The molecule has 2 unspecified atom stereocenters. The molecule has 1 aromatic rings. The van der Waals surface area contributed by atoms with Gasteiger partial charge >= 0.3 is 0 Å². The second kappa shape index (κ2) is 5.73. The maximum Gasteiger partial charge on any atom is 0.258 e. The number of hydrazine groups is 1. The van der Waals surface area contributed by atoms with Gasteiger partial charge in [-0.2, -0.15) is 5.10 Å². The van der Waals surface area contributed by atoms with Gasteiger partial charge in [-0.1, -0.05) is 29.8 Å². The van der Waals surface area contributed by atoms with E-state index in [2.05, 4.69) is 21.4 Å². The summed E-state index contributed by atoms with van der Waals surface area (Å²) >= 11 is 0. The molecular weight excluding hydrogens is 252 g/mol. The lowest BCUT2D eigenvalue weighted by Crippen LogP contribution is -2.42. The molecule has 0 bridgehead atoms. The van der Waals surface area contributed by atoms with Crippen molar-refractivity contribution in [2.45, 2.75) is 38.3 Å². The third kappa shape index (κ3) is 3.23. The van der Waals surface area contributed by atoms with Gasteiger partial charge in [0.2, 0.25) is 0 Å². The molecule has 5 heteroatoms. The van der Waals surface area contributed by atoms with E-state index in [9.17, 15) is 4.79 Å². The minimum atomic E-state index is -0.184. The molecule has 1 aromatic carbocycles. The molecule has 2 aliphatic rings. The Morgan fingerprint density at radius 2 is 2.05 bits per heavy atom. The molecule has 0 spiro atoms. The molecule has 0 aromatic heterocycles. The van der Waals surface area contributed by atoms with Crippen LogP contribution in [0.1, 0.15) is 30.4 Å². The van der Waals surface area contributed by atoms with Gasteiger partial charge in [0, 0.05) is 6.04 Å². The zero-order valence-electron chi connectivity index (χ0n) is 11.6. The van der Waals surface area contributed by atoms with Crippen LogP contribution in [0.25, 0.3) is 0 Å². The average molecular weight is 272 g/mol. The third-order valence-electron chi connectivity index (χ3n) is 3.91. The zero-order valence-corrected chi connectivity index (χ0v) is 11.6. The second-order valence-corrected chi connectivity index (χ2v) is 5.67. The molecule has 3 rings (SSSR count). The monoisotopic (exact) mass is 272 g/mol. The molecule has 1 aliphatic heterocycles. The number of hydrogen-bond donors (Lipinski definition) is 3. The lowest BCUT2D eigenvalue weighted by molar-refractivity contribution is -0.122. The van der Waals surface area contributed by atoms with Crippen molar-refractivity contribution in [3.63, 3.8) is 0 Å². The maximum absolute atomic E-state index is 12.0. The van der Waals surface area contributed by atoms with Crippen molar-refractivity contribution >= 4 is 12.1 Å². The molecule has 3 N–H and O–H groups in total. The molecule has 106 valence electrons. The molecule has 1 aliphatic carbocycles. The number of hydrogen-bond acceptors (Lipinski definition) is 4. The van der Waals surface area contributed by atoms with E-state index in [4.69, 9.17) is 0 Å². The first-order chi connectivity index (χ1) is 9.72. The standard InChI is InChI=1S/C15H20N4O/c1-10-2-4-11(5-3-10)9-16-19-15(20)14-8-13(17-18-14)12-6-7-12/h2-5,9,12-14,17-18H,6-8H2,1H3,(H,19,20)/b16-9+. The lowest BCUT2D eigenvalue weighted by atomic mass is 10.1. The fourth-order valence-corrected chi connectivity index (χ4v) is 2.46. The van der Waals surface area contributed by atoms with Crippen molar-refractivity contribution < 1.29 is 4.79 Å². The number of carbonyl (C=O) groups excluding carboxylic acids is 1. The van der Waals surface area contributed by atoms with E-state index in [0.29, 0.717) is 6.04 Å². The molecule has 2 atom stereocenters. The molecule has 1 saturated carbocycles. The Labute approximate surface area is 118 Å². The van der Waals surface area contributed by atoms with Crippen LogP contribution in [-0.4, -0.2) is 24.2 Å². The number of rotatable bonds is 4. The van der Waals surface area contributed by atoms with Crippen molar-refractivity contribution in [1.82, 2.24) is 16.3 Å². The Kier molecular flexibility index (Phi) is 3.80. The van der Waals surface area contributed by atoms with Crippen LogP contribution >= 0.6 is 0 Å². The Hall–Kier alpha value is -1.72. The van der Waals surface area contributed by atoms with Gasteiger partial charge < -0.3 is 0 Å². The topological polar surface area (TPSA) is 65.5 Å². The van der Waals surface area contributed by atoms with E-state index in [1.54, 1.807) is 6.21 Å². The summed E-state index contributed by atoms with van der Waals surface area (Å²) in [6.45, 7) is 2.04. The van der Waals surface area contributed by atoms with Crippen LogP contribution in [0.2, 0.25) is 0 Å². The molecule has 20 heavy (non-hydrogen) atoms. The van der Waals surface area contributed by atoms with Crippen molar-refractivity contribution in [2.24, 2.45) is 11.0 Å². The SMILES string of the molecule is Cc1ccc(/C=N/NC(=O)C2CC(C3CC3)NN2)cc1. The van der Waals surface area contributed by atoms with Crippen LogP contribution in [-0.2, 0) is 4.79 Å². The predicted molar refractivity (Wildman–Crippen MR) is 78.1 cm³/mol. The first kappa shape index (κ1) is 13.3. The summed E-state index contributed by atoms with van der Waals surface area (Å²) < 4.78 is 0. The van der Waals surface area contributed by atoms with Gasteiger partial charge in [0.25, 0.3) is 5.91 Å². The molecular formula is C15H20N4O. The van der Waals surface area contributed by atoms with Crippen molar-refractivity contribution in [3.8, 4) is 0 Å². The first-order valence-electron chi connectivity index (χ1n) is 7.13. The molecule has 1 amide bonds. The normalized spacial score (nSPS) is 26.1.